The maximum absolute atomic E-state index is 14.0. The van der Waals surface area contributed by atoms with Crippen molar-refractivity contribution in [2.75, 3.05) is 0 Å². The molecule has 0 spiro atoms. The van der Waals surface area contributed by atoms with E-state index >= 15 is 0 Å². The lowest BCUT2D eigenvalue weighted by Gasteiger charge is -2.38. The molecular formula is C9H18FN. The quantitative estimate of drug-likeness (QED) is 0.624. The highest BCUT2D eigenvalue weighted by Gasteiger charge is 2.41. The van der Waals surface area contributed by atoms with Crippen LogP contribution in [-0.4, -0.2) is 11.7 Å². The molecule has 0 aromatic rings. The molecule has 0 aromatic heterocycles. The van der Waals surface area contributed by atoms with Crippen LogP contribution in [0.4, 0.5) is 4.39 Å². The van der Waals surface area contributed by atoms with Gasteiger partial charge in [0.1, 0.15) is 5.67 Å². The molecule has 11 heavy (non-hydrogen) atoms. The van der Waals surface area contributed by atoms with Crippen molar-refractivity contribution in [3.05, 3.63) is 0 Å². The third kappa shape index (κ3) is 1.56. The predicted octanol–water partition coefficient (Wildman–Crippen LogP) is 2.25. The molecule has 0 heterocycles. The van der Waals surface area contributed by atoms with E-state index in [0.29, 0.717) is 6.42 Å². The van der Waals surface area contributed by atoms with Gasteiger partial charge in [-0.25, -0.2) is 4.39 Å². The van der Waals surface area contributed by atoms with Crippen LogP contribution in [-0.2, 0) is 0 Å². The Balaban J connectivity index is 2.64. The Kier molecular flexibility index (Phi) is 2.53. The van der Waals surface area contributed by atoms with Crippen LogP contribution < -0.4 is 5.73 Å². The molecule has 2 unspecified atom stereocenters. The van der Waals surface area contributed by atoms with Crippen molar-refractivity contribution in [3.63, 3.8) is 0 Å². The molecule has 1 saturated carbocycles. The van der Waals surface area contributed by atoms with Crippen molar-refractivity contribution in [2.24, 2.45) is 11.7 Å². The van der Waals surface area contributed by atoms with Gasteiger partial charge < -0.3 is 5.73 Å². The molecule has 0 bridgehead atoms. The van der Waals surface area contributed by atoms with Gasteiger partial charge in [-0.3, -0.25) is 0 Å². The second-order valence-electron chi connectivity index (χ2n) is 3.93. The maximum atomic E-state index is 14.0. The molecule has 1 fully saturated rings. The van der Waals surface area contributed by atoms with Gasteiger partial charge >= 0.3 is 0 Å². The predicted molar refractivity (Wildman–Crippen MR) is 45.1 cm³/mol. The lowest BCUT2D eigenvalue weighted by atomic mass is 9.75. The number of rotatable bonds is 1. The normalized spacial score (nSPS) is 39.5. The highest BCUT2D eigenvalue weighted by atomic mass is 19.1. The van der Waals surface area contributed by atoms with Crippen LogP contribution in [0, 0.1) is 5.92 Å². The minimum Gasteiger partial charge on any atom is -0.325 e. The minimum atomic E-state index is -1.09. The maximum Gasteiger partial charge on any atom is 0.128 e. The van der Waals surface area contributed by atoms with E-state index in [-0.39, 0.29) is 12.0 Å². The molecule has 2 N–H and O–H groups in total. The Labute approximate surface area is 68.2 Å². The van der Waals surface area contributed by atoms with Gasteiger partial charge in [0, 0.05) is 6.04 Å². The fraction of sp³-hybridized carbons (Fsp3) is 1.00. The van der Waals surface area contributed by atoms with Gasteiger partial charge in [-0.1, -0.05) is 26.7 Å². The molecule has 1 aliphatic rings. The molecule has 1 nitrogen and oxygen atoms in total. The Morgan fingerprint density at radius 3 is 2.45 bits per heavy atom. The highest BCUT2D eigenvalue weighted by molar-refractivity contribution is 4.95. The van der Waals surface area contributed by atoms with Gasteiger partial charge in [0.2, 0.25) is 0 Å². The van der Waals surface area contributed by atoms with Gasteiger partial charge in [0.15, 0.2) is 0 Å². The van der Waals surface area contributed by atoms with Crippen molar-refractivity contribution in [2.45, 2.75) is 51.2 Å². The van der Waals surface area contributed by atoms with Gasteiger partial charge in [0.25, 0.3) is 0 Å². The lowest BCUT2D eigenvalue weighted by molar-refractivity contribution is 0.0334. The van der Waals surface area contributed by atoms with Crippen molar-refractivity contribution >= 4 is 0 Å². The number of hydrogen-bond acceptors (Lipinski definition) is 1. The van der Waals surface area contributed by atoms with Gasteiger partial charge in [0.05, 0.1) is 0 Å². The fourth-order valence-electron chi connectivity index (χ4n) is 1.90. The van der Waals surface area contributed by atoms with E-state index in [1.807, 2.05) is 13.8 Å². The molecule has 0 aromatic carbocycles. The van der Waals surface area contributed by atoms with Crippen molar-refractivity contribution < 1.29 is 4.39 Å². The Hall–Kier alpha value is -0.110. The second kappa shape index (κ2) is 3.10. The number of halogens is 1. The first-order chi connectivity index (χ1) is 5.07. The topological polar surface area (TPSA) is 26.0 Å². The molecule has 1 rings (SSSR count). The van der Waals surface area contributed by atoms with E-state index in [1.54, 1.807) is 0 Å². The molecule has 0 radical (unpaired) electrons. The summed E-state index contributed by atoms with van der Waals surface area (Å²) in [5.41, 5.74) is 4.65. The Morgan fingerprint density at radius 1 is 1.45 bits per heavy atom. The zero-order valence-corrected chi connectivity index (χ0v) is 7.44. The summed E-state index contributed by atoms with van der Waals surface area (Å²) in [6, 6.07) is -0.226. The number of alkyl halides is 1. The SMILES string of the molecule is CC(C)C1(F)CCCCC1N. The van der Waals surface area contributed by atoms with Crippen LogP contribution >= 0.6 is 0 Å². The van der Waals surface area contributed by atoms with E-state index < -0.39 is 5.67 Å². The van der Waals surface area contributed by atoms with Crippen LogP contribution in [0.25, 0.3) is 0 Å². The zero-order valence-electron chi connectivity index (χ0n) is 7.44. The van der Waals surface area contributed by atoms with Crippen LogP contribution in [0.3, 0.4) is 0 Å². The van der Waals surface area contributed by atoms with Gasteiger partial charge in [-0.2, -0.15) is 0 Å². The Morgan fingerprint density at radius 2 is 2.09 bits per heavy atom. The summed E-state index contributed by atoms with van der Waals surface area (Å²) in [6.45, 7) is 3.84. The number of hydrogen-bond donors (Lipinski definition) is 1. The molecule has 0 amide bonds. The average Bonchev–Trinajstić information content (AvgIpc) is 1.95. The van der Waals surface area contributed by atoms with E-state index in [9.17, 15) is 4.39 Å². The first kappa shape index (κ1) is 8.98. The third-order valence-electron chi connectivity index (χ3n) is 2.90. The van der Waals surface area contributed by atoms with E-state index in [0.717, 1.165) is 19.3 Å². The molecule has 2 atom stereocenters. The monoisotopic (exact) mass is 159 g/mol. The van der Waals surface area contributed by atoms with Crippen LogP contribution in [0.15, 0.2) is 0 Å². The van der Waals surface area contributed by atoms with Crippen molar-refractivity contribution in [3.8, 4) is 0 Å². The molecule has 66 valence electrons. The molecule has 0 aliphatic heterocycles. The summed E-state index contributed by atoms with van der Waals surface area (Å²) in [5.74, 6) is 0.0674. The van der Waals surface area contributed by atoms with Crippen LogP contribution in [0.1, 0.15) is 39.5 Å². The minimum absolute atomic E-state index is 0.0674. The zero-order chi connectivity index (χ0) is 8.48. The first-order valence-corrected chi connectivity index (χ1v) is 4.52. The second-order valence-corrected chi connectivity index (χ2v) is 3.93. The van der Waals surface area contributed by atoms with Crippen LogP contribution in [0.2, 0.25) is 0 Å². The number of nitrogens with two attached hydrogens (primary N) is 1. The summed E-state index contributed by atoms with van der Waals surface area (Å²) in [5, 5.41) is 0. The van der Waals surface area contributed by atoms with E-state index in [2.05, 4.69) is 0 Å². The van der Waals surface area contributed by atoms with Crippen LogP contribution in [0.5, 0.6) is 0 Å². The smallest absolute Gasteiger partial charge is 0.128 e. The molecular weight excluding hydrogens is 141 g/mol. The summed E-state index contributed by atoms with van der Waals surface area (Å²) in [6.07, 6.45) is 3.61. The highest BCUT2D eigenvalue weighted by Crippen LogP contribution is 2.36. The van der Waals surface area contributed by atoms with Gasteiger partial charge in [-0.15, -0.1) is 0 Å². The molecule has 1 aliphatic carbocycles. The first-order valence-electron chi connectivity index (χ1n) is 4.52. The molecule has 0 saturated heterocycles. The average molecular weight is 159 g/mol. The Bertz CT molecular complexity index is 136. The van der Waals surface area contributed by atoms with Crippen molar-refractivity contribution in [1.82, 2.24) is 0 Å². The van der Waals surface area contributed by atoms with E-state index in [4.69, 9.17) is 5.73 Å². The standard InChI is InChI=1S/C9H18FN/c1-7(2)9(10)6-4-3-5-8(9)11/h7-8H,3-6,11H2,1-2H3. The van der Waals surface area contributed by atoms with E-state index in [1.165, 1.54) is 0 Å². The summed E-state index contributed by atoms with van der Waals surface area (Å²) >= 11 is 0. The lowest BCUT2D eigenvalue weighted by Crippen LogP contribution is -2.50. The third-order valence-corrected chi connectivity index (χ3v) is 2.90. The fourth-order valence-corrected chi connectivity index (χ4v) is 1.90. The van der Waals surface area contributed by atoms with Crippen molar-refractivity contribution in [1.29, 1.82) is 0 Å². The largest absolute Gasteiger partial charge is 0.325 e. The summed E-state index contributed by atoms with van der Waals surface area (Å²) < 4.78 is 14.0. The molecule has 2 heteroatoms. The summed E-state index contributed by atoms with van der Waals surface area (Å²) in [7, 11) is 0. The summed E-state index contributed by atoms with van der Waals surface area (Å²) in [4.78, 5) is 0. The van der Waals surface area contributed by atoms with Gasteiger partial charge in [-0.05, 0) is 18.8 Å².